The molecule has 0 aliphatic heterocycles. The monoisotopic (exact) mass is 227 g/mol. The van der Waals surface area contributed by atoms with Crippen LogP contribution < -0.4 is 5.73 Å². The first-order valence-electron chi connectivity index (χ1n) is 4.97. The molecule has 0 saturated heterocycles. The molecule has 5 nitrogen and oxygen atoms in total. The summed E-state index contributed by atoms with van der Waals surface area (Å²) in [6, 6.07) is 0. The fourth-order valence-electron chi connectivity index (χ4n) is 0.957. The molecule has 0 aromatic rings. The van der Waals surface area contributed by atoms with Crippen molar-refractivity contribution < 1.29 is 19.4 Å². The summed E-state index contributed by atoms with van der Waals surface area (Å²) in [6.07, 6.45) is 2.02. The van der Waals surface area contributed by atoms with Crippen LogP contribution in [0, 0.1) is 5.92 Å². The fraction of sp³-hybridized carbons (Fsp3) is 0.455. The Morgan fingerprint density at radius 1 is 1.38 bits per heavy atom. The average Bonchev–Trinajstić information content (AvgIpc) is 2.17. The van der Waals surface area contributed by atoms with Gasteiger partial charge < -0.3 is 15.6 Å². The van der Waals surface area contributed by atoms with E-state index in [1.54, 1.807) is 6.92 Å². The minimum atomic E-state index is -1.14. The van der Waals surface area contributed by atoms with Crippen molar-refractivity contribution in [1.82, 2.24) is 0 Å². The maximum atomic E-state index is 11.5. The van der Waals surface area contributed by atoms with E-state index in [0.29, 0.717) is 5.70 Å². The molecule has 0 saturated carbocycles. The molecular weight excluding hydrogens is 210 g/mol. The van der Waals surface area contributed by atoms with Crippen molar-refractivity contribution in [3.63, 3.8) is 0 Å². The van der Waals surface area contributed by atoms with Crippen molar-refractivity contribution in [2.75, 3.05) is 6.61 Å². The Morgan fingerprint density at radius 2 is 1.94 bits per heavy atom. The quantitative estimate of drug-likeness (QED) is 0.416. The van der Waals surface area contributed by atoms with Crippen molar-refractivity contribution in [2.45, 2.75) is 20.8 Å². The van der Waals surface area contributed by atoms with Crippen LogP contribution in [-0.2, 0) is 14.3 Å². The number of nitrogens with two attached hydrogens (primary N) is 1. The first-order chi connectivity index (χ1) is 7.40. The van der Waals surface area contributed by atoms with Crippen LogP contribution in [0.4, 0.5) is 0 Å². The van der Waals surface area contributed by atoms with Crippen molar-refractivity contribution in [3.8, 4) is 0 Å². The van der Waals surface area contributed by atoms with Crippen molar-refractivity contribution >= 4 is 11.9 Å². The van der Waals surface area contributed by atoms with Gasteiger partial charge in [0.1, 0.15) is 0 Å². The van der Waals surface area contributed by atoms with Crippen LogP contribution in [0.3, 0.4) is 0 Å². The number of esters is 1. The van der Waals surface area contributed by atoms with E-state index in [9.17, 15) is 9.59 Å². The molecule has 0 rings (SSSR count). The van der Waals surface area contributed by atoms with Crippen LogP contribution in [0.25, 0.3) is 0 Å². The Labute approximate surface area is 94.6 Å². The van der Waals surface area contributed by atoms with Gasteiger partial charge in [-0.3, -0.25) is 0 Å². The summed E-state index contributed by atoms with van der Waals surface area (Å²) >= 11 is 0. The Hall–Kier alpha value is -1.78. The zero-order chi connectivity index (χ0) is 12.7. The van der Waals surface area contributed by atoms with Crippen LogP contribution in [-0.4, -0.2) is 23.7 Å². The molecule has 0 atom stereocenters. The molecule has 0 heterocycles. The number of carboxylic acids is 1. The van der Waals surface area contributed by atoms with Gasteiger partial charge in [-0.1, -0.05) is 13.8 Å². The van der Waals surface area contributed by atoms with Crippen molar-refractivity contribution in [3.05, 3.63) is 23.4 Å². The molecule has 0 aliphatic carbocycles. The number of allylic oxidation sites excluding steroid dienone is 1. The molecule has 0 bridgehead atoms. The molecule has 0 spiro atoms. The van der Waals surface area contributed by atoms with E-state index >= 15 is 0 Å². The standard InChI is InChI=1S/C11H17NO4/c1-4-16-11(15)8(5-6-9(13)14)10(12)7(2)3/h5-7H,4,12H2,1-3H3,(H,13,14)/b6-5+,10-8+. The van der Waals surface area contributed by atoms with Gasteiger partial charge in [0.25, 0.3) is 0 Å². The number of hydrogen-bond acceptors (Lipinski definition) is 4. The summed E-state index contributed by atoms with van der Waals surface area (Å²) in [7, 11) is 0. The summed E-state index contributed by atoms with van der Waals surface area (Å²) in [5.74, 6) is -1.80. The number of hydrogen-bond donors (Lipinski definition) is 2. The SMILES string of the molecule is CCOC(=O)C(/C=C/C(=O)O)=C(/N)C(C)C. The van der Waals surface area contributed by atoms with Gasteiger partial charge in [-0.2, -0.15) is 0 Å². The number of carbonyl (C=O) groups excluding carboxylic acids is 1. The molecule has 0 aliphatic rings. The highest BCUT2D eigenvalue weighted by molar-refractivity contribution is 5.94. The first-order valence-corrected chi connectivity index (χ1v) is 4.97. The maximum Gasteiger partial charge on any atom is 0.339 e. The lowest BCUT2D eigenvalue weighted by Gasteiger charge is -2.10. The predicted octanol–water partition coefficient (Wildman–Crippen LogP) is 1.06. The summed E-state index contributed by atoms with van der Waals surface area (Å²) < 4.78 is 4.79. The van der Waals surface area contributed by atoms with Gasteiger partial charge in [-0.15, -0.1) is 0 Å². The third-order valence-corrected chi connectivity index (χ3v) is 1.82. The van der Waals surface area contributed by atoms with E-state index in [-0.39, 0.29) is 18.1 Å². The van der Waals surface area contributed by atoms with Gasteiger partial charge in [-0.25, -0.2) is 9.59 Å². The number of carboxylic acid groups (broad SMARTS) is 1. The number of aliphatic carboxylic acids is 1. The first kappa shape index (κ1) is 14.2. The van der Waals surface area contributed by atoms with Crippen molar-refractivity contribution in [2.24, 2.45) is 11.7 Å². The zero-order valence-corrected chi connectivity index (χ0v) is 9.69. The summed E-state index contributed by atoms with van der Waals surface area (Å²) in [5.41, 5.74) is 6.12. The van der Waals surface area contributed by atoms with Gasteiger partial charge >= 0.3 is 11.9 Å². The molecule has 90 valence electrons. The molecule has 0 radical (unpaired) electrons. The lowest BCUT2D eigenvalue weighted by molar-refractivity contribution is -0.138. The van der Waals surface area contributed by atoms with E-state index in [2.05, 4.69) is 0 Å². The van der Waals surface area contributed by atoms with Gasteiger partial charge in [-0.05, 0) is 18.9 Å². The van der Waals surface area contributed by atoms with E-state index in [1.807, 2.05) is 13.8 Å². The summed E-state index contributed by atoms with van der Waals surface area (Å²) in [5, 5.41) is 8.49. The van der Waals surface area contributed by atoms with Gasteiger partial charge in [0.15, 0.2) is 0 Å². The molecular formula is C11H17NO4. The van der Waals surface area contributed by atoms with Gasteiger partial charge in [0, 0.05) is 11.8 Å². The number of rotatable bonds is 5. The number of ether oxygens (including phenoxy) is 1. The second-order valence-corrected chi connectivity index (χ2v) is 3.42. The second-order valence-electron chi connectivity index (χ2n) is 3.42. The smallest absolute Gasteiger partial charge is 0.339 e. The van der Waals surface area contributed by atoms with E-state index in [0.717, 1.165) is 12.2 Å². The van der Waals surface area contributed by atoms with Crippen LogP contribution >= 0.6 is 0 Å². The highest BCUT2D eigenvalue weighted by atomic mass is 16.5. The average molecular weight is 227 g/mol. The summed E-state index contributed by atoms with van der Waals surface area (Å²) in [6.45, 7) is 5.50. The van der Waals surface area contributed by atoms with E-state index in [1.165, 1.54) is 0 Å². The minimum absolute atomic E-state index is 0.0575. The minimum Gasteiger partial charge on any atom is -0.478 e. The van der Waals surface area contributed by atoms with E-state index < -0.39 is 11.9 Å². The highest BCUT2D eigenvalue weighted by Crippen LogP contribution is 2.12. The molecule has 0 aromatic heterocycles. The Morgan fingerprint density at radius 3 is 2.31 bits per heavy atom. The van der Waals surface area contributed by atoms with Gasteiger partial charge in [0.2, 0.25) is 0 Å². The van der Waals surface area contributed by atoms with Crippen LogP contribution in [0.2, 0.25) is 0 Å². The Balaban J connectivity index is 5.13. The molecule has 16 heavy (non-hydrogen) atoms. The molecule has 0 unspecified atom stereocenters. The normalized spacial score (nSPS) is 12.8. The van der Waals surface area contributed by atoms with Gasteiger partial charge in [0.05, 0.1) is 12.2 Å². The molecule has 0 fully saturated rings. The molecule has 0 aromatic carbocycles. The number of carbonyl (C=O) groups is 2. The highest BCUT2D eigenvalue weighted by Gasteiger charge is 2.14. The van der Waals surface area contributed by atoms with E-state index in [4.69, 9.17) is 15.6 Å². The predicted molar refractivity (Wildman–Crippen MR) is 59.5 cm³/mol. The molecule has 3 N–H and O–H groups in total. The lowest BCUT2D eigenvalue weighted by Crippen LogP contribution is -2.16. The van der Waals surface area contributed by atoms with Crippen molar-refractivity contribution in [1.29, 1.82) is 0 Å². The molecule has 0 amide bonds. The Bertz CT molecular complexity index is 329. The fourth-order valence-corrected chi connectivity index (χ4v) is 0.957. The Kier molecular flexibility index (Phi) is 5.92. The zero-order valence-electron chi connectivity index (χ0n) is 9.69. The maximum absolute atomic E-state index is 11.5. The van der Waals surface area contributed by atoms with Crippen LogP contribution in [0.5, 0.6) is 0 Å². The molecule has 5 heteroatoms. The third-order valence-electron chi connectivity index (χ3n) is 1.82. The second kappa shape index (κ2) is 6.66. The lowest BCUT2D eigenvalue weighted by atomic mass is 10.0. The topological polar surface area (TPSA) is 89.6 Å². The largest absolute Gasteiger partial charge is 0.478 e. The summed E-state index contributed by atoms with van der Waals surface area (Å²) in [4.78, 5) is 21.9. The van der Waals surface area contributed by atoms with Crippen LogP contribution in [0.15, 0.2) is 23.4 Å². The van der Waals surface area contributed by atoms with Crippen LogP contribution in [0.1, 0.15) is 20.8 Å². The third kappa shape index (κ3) is 4.63.